The Balaban J connectivity index is 2.85. The number of benzene rings is 3. The van der Waals surface area contributed by atoms with Gasteiger partial charge >= 0.3 is 22.7 Å². The first kappa shape index (κ1) is 33.0. The fourth-order valence-corrected chi connectivity index (χ4v) is 4.37. The van der Waals surface area contributed by atoms with Crippen LogP contribution in [0.15, 0.2) is 24.3 Å². The fourth-order valence-electron chi connectivity index (χ4n) is 4.37. The number of ether oxygens (including phenoxy) is 2. The summed E-state index contributed by atoms with van der Waals surface area (Å²) in [5, 5.41) is 95.6. The van der Waals surface area contributed by atoms with Crippen molar-refractivity contribution in [2.45, 2.75) is 0 Å². The minimum absolute atomic E-state index is 0.00660. The van der Waals surface area contributed by atoms with Crippen LogP contribution < -0.4 is 9.47 Å². The standard InChI is InChI=1S/C20H10N8O18/c1-45-19-13(25(37)38)5-11(23(33)34)15(17(19)27(41)42)7-3-8(10(22(31)32)4-9(7)21(29)30)16-12(24(35)36)6-14(26(39)40)20(46-2)18(16)28(43)44/h3-6H,1-2H3. The molecule has 26 heteroatoms. The highest BCUT2D eigenvalue weighted by molar-refractivity contribution is 5.99. The van der Waals surface area contributed by atoms with Crippen molar-refractivity contribution in [3.05, 3.63) is 105 Å². The Morgan fingerprint density at radius 1 is 0.391 bits per heavy atom. The quantitative estimate of drug-likeness (QED) is 0.194. The predicted octanol–water partition coefficient (Wildman–Crippen LogP) is 4.30. The molecule has 0 saturated carbocycles. The molecular weight excluding hydrogens is 640 g/mol. The molecular formula is C20H10N8O18. The average Bonchev–Trinajstić information content (AvgIpc) is 2.97. The first-order valence-corrected chi connectivity index (χ1v) is 11.2. The van der Waals surface area contributed by atoms with E-state index in [-0.39, 0.29) is 24.3 Å². The van der Waals surface area contributed by atoms with Gasteiger partial charge < -0.3 is 9.47 Å². The van der Waals surface area contributed by atoms with Crippen molar-refractivity contribution in [2.24, 2.45) is 0 Å². The Morgan fingerprint density at radius 2 is 0.652 bits per heavy atom. The average molecular weight is 650 g/mol. The molecule has 0 N–H and O–H groups in total. The number of hydrogen-bond donors (Lipinski definition) is 0. The zero-order valence-electron chi connectivity index (χ0n) is 22.2. The third kappa shape index (κ3) is 5.36. The van der Waals surface area contributed by atoms with Gasteiger partial charge in [-0.25, -0.2) is 0 Å². The summed E-state index contributed by atoms with van der Waals surface area (Å²) in [4.78, 5) is 84.1. The maximum atomic E-state index is 12.2. The highest BCUT2D eigenvalue weighted by atomic mass is 16.7. The minimum Gasteiger partial charge on any atom is -0.485 e. The van der Waals surface area contributed by atoms with Gasteiger partial charge in [0.1, 0.15) is 11.1 Å². The summed E-state index contributed by atoms with van der Waals surface area (Å²) in [5.74, 6) is -2.59. The smallest absolute Gasteiger partial charge is 0.333 e. The summed E-state index contributed by atoms with van der Waals surface area (Å²) in [7, 11) is 1.30. The molecule has 0 bridgehead atoms. The van der Waals surface area contributed by atoms with E-state index in [1.807, 2.05) is 0 Å². The molecule has 0 aliphatic carbocycles. The largest absolute Gasteiger partial charge is 0.485 e. The molecule has 0 aliphatic rings. The van der Waals surface area contributed by atoms with E-state index in [2.05, 4.69) is 0 Å². The minimum atomic E-state index is -1.66. The van der Waals surface area contributed by atoms with Gasteiger partial charge in [-0.2, -0.15) is 0 Å². The number of nitro benzene ring substituents is 8. The molecule has 0 amide bonds. The van der Waals surface area contributed by atoms with Crippen molar-refractivity contribution in [1.82, 2.24) is 0 Å². The number of rotatable bonds is 12. The third-order valence-corrected chi connectivity index (χ3v) is 6.03. The summed E-state index contributed by atoms with van der Waals surface area (Å²) in [6, 6.07) is 0.336. The van der Waals surface area contributed by atoms with Crippen LogP contribution in [0.1, 0.15) is 0 Å². The Labute approximate surface area is 248 Å². The molecule has 0 aromatic heterocycles. The van der Waals surface area contributed by atoms with Crippen LogP contribution >= 0.6 is 0 Å². The maximum absolute atomic E-state index is 12.2. The van der Waals surface area contributed by atoms with E-state index in [9.17, 15) is 80.9 Å². The van der Waals surface area contributed by atoms with Gasteiger partial charge in [0, 0.05) is 0 Å². The van der Waals surface area contributed by atoms with Gasteiger partial charge in [0.2, 0.25) is 0 Å². The lowest BCUT2D eigenvalue weighted by Gasteiger charge is -2.13. The van der Waals surface area contributed by atoms with Gasteiger partial charge in [0.05, 0.1) is 82.9 Å². The first-order valence-electron chi connectivity index (χ1n) is 11.2. The molecule has 3 aromatic rings. The molecule has 0 fully saturated rings. The second kappa shape index (κ2) is 12.0. The number of nitro groups is 8. The molecule has 0 heterocycles. The van der Waals surface area contributed by atoms with Gasteiger partial charge in [-0.1, -0.05) is 0 Å². The zero-order valence-corrected chi connectivity index (χ0v) is 22.2. The second-order valence-corrected chi connectivity index (χ2v) is 8.29. The van der Waals surface area contributed by atoms with Crippen LogP contribution in [0.25, 0.3) is 22.3 Å². The summed E-state index contributed by atoms with van der Waals surface area (Å²) >= 11 is 0. The SMILES string of the molecule is COc1c([N+](=O)[O-])cc([N+](=O)[O-])c(-c2cc(-c3c([N+](=O)[O-])cc([N+](=O)[O-])c(OC)c3[N+](=O)[O-])c([N+](=O)[O-])cc2[N+](=O)[O-])c1[N+](=O)[O-]. The Morgan fingerprint density at radius 3 is 0.870 bits per heavy atom. The molecule has 238 valence electrons. The summed E-state index contributed by atoms with van der Waals surface area (Å²) in [6.45, 7) is 0. The van der Waals surface area contributed by atoms with Gasteiger partial charge in [-0.15, -0.1) is 0 Å². The number of methoxy groups -OCH3 is 2. The molecule has 0 radical (unpaired) electrons. The van der Waals surface area contributed by atoms with E-state index in [1.54, 1.807) is 0 Å². The summed E-state index contributed by atoms with van der Waals surface area (Å²) < 4.78 is 9.39. The highest BCUT2D eigenvalue weighted by Crippen LogP contribution is 2.56. The Hall–Kier alpha value is -7.54. The first-order chi connectivity index (χ1) is 21.4. The van der Waals surface area contributed by atoms with Crippen LogP contribution in [-0.2, 0) is 0 Å². The maximum Gasteiger partial charge on any atom is 0.333 e. The molecule has 3 aromatic carbocycles. The molecule has 0 saturated heterocycles. The topological polar surface area (TPSA) is 364 Å². The van der Waals surface area contributed by atoms with Crippen molar-refractivity contribution in [3.8, 4) is 33.8 Å². The van der Waals surface area contributed by atoms with Crippen molar-refractivity contribution < 1.29 is 48.9 Å². The van der Waals surface area contributed by atoms with Gasteiger partial charge in [0.15, 0.2) is 0 Å². The molecule has 0 atom stereocenters. The van der Waals surface area contributed by atoms with Crippen molar-refractivity contribution >= 4 is 45.5 Å². The molecule has 0 aliphatic heterocycles. The molecule has 46 heavy (non-hydrogen) atoms. The van der Waals surface area contributed by atoms with Crippen LogP contribution in [0.2, 0.25) is 0 Å². The van der Waals surface area contributed by atoms with E-state index in [0.717, 1.165) is 0 Å². The monoisotopic (exact) mass is 650 g/mol. The Bertz CT molecular complexity index is 1820. The summed E-state index contributed by atoms with van der Waals surface area (Å²) in [5.41, 5.74) is -17.8. The lowest BCUT2D eigenvalue weighted by atomic mass is 9.91. The van der Waals surface area contributed by atoms with Gasteiger partial charge in [-0.05, 0) is 6.07 Å². The number of hydrogen-bond acceptors (Lipinski definition) is 18. The highest BCUT2D eigenvalue weighted by Gasteiger charge is 2.45. The van der Waals surface area contributed by atoms with Crippen LogP contribution in [0.4, 0.5) is 45.5 Å². The second-order valence-electron chi connectivity index (χ2n) is 8.29. The third-order valence-electron chi connectivity index (χ3n) is 6.03. The molecule has 0 spiro atoms. The molecule has 26 nitrogen and oxygen atoms in total. The van der Waals surface area contributed by atoms with E-state index in [1.165, 1.54) is 0 Å². The van der Waals surface area contributed by atoms with Crippen LogP contribution in [-0.4, -0.2) is 53.6 Å². The van der Waals surface area contributed by atoms with E-state index in [4.69, 9.17) is 9.47 Å². The van der Waals surface area contributed by atoms with Crippen LogP contribution in [0.3, 0.4) is 0 Å². The molecule has 0 unspecified atom stereocenters. The lowest BCUT2D eigenvalue weighted by molar-refractivity contribution is -0.403. The van der Waals surface area contributed by atoms with Crippen molar-refractivity contribution in [1.29, 1.82) is 0 Å². The van der Waals surface area contributed by atoms with E-state index < -0.39 is 119 Å². The summed E-state index contributed by atoms with van der Waals surface area (Å²) in [6.07, 6.45) is 0. The van der Waals surface area contributed by atoms with Crippen LogP contribution in [0, 0.1) is 80.9 Å². The van der Waals surface area contributed by atoms with E-state index >= 15 is 0 Å². The van der Waals surface area contributed by atoms with Gasteiger partial charge in [0.25, 0.3) is 34.2 Å². The van der Waals surface area contributed by atoms with Crippen molar-refractivity contribution in [3.63, 3.8) is 0 Å². The predicted molar refractivity (Wildman–Crippen MR) is 144 cm³/mol. The lowest BCUT2D eigenvalue weighted by Crippen LogP contribution is -2.07. The number of nitrogens with zero attached hydrogens (tertiary/aromatic N) is 8. The van der Waals surface area contributed by atoms with Gasteiger partial charge in [-0.3, -0.25) is 80.9 Å². The zero-order chi connectivity index (χ0) is 34.9. The fraction of sp³-hybridized carbons (Fsp3) is 0.100. The normalized spacial score (nSPS) is 10.5. The van der Waals surface area contributed by atoms with Crippen molar-refractivity contribution in [2.75, 3.05) is 14.2 Å². The van der Waals surface area contributed by atoms with E-state index in [0.29, 0.717) is 14.2 Å². The molecule has 3 rings (SSSR count). The Kier molecular flexibility index (Phi) is 8.59. The van der Waals surface area contributed by atoms with Crippen LogP contribution in [0.5, 0.6) is 11.5 Å².